The largest absolute Gasteiger partial charge is 0.494 e. The minimum atomic E-state index is -0.360. The molecular formula is C12H17ClN4O3. The number of ether oxygens (including phenoxy) is 2. The van der Waals surface area contributed by atoms with Gasteiger partial charge in [-0.3, -0.25) is 9.89 Å². The van der Waals surface area contributed by atoms with E-state index in [4.69, 9.17) is 15.2 Å². The van der Waals surface area contributed by atoms with Crippen molar-refractivity contribution in [1.29, 1.82) is 0 Å². The highest BCUT2D eigenvalue weighted by atomic mass is 35.5. The van der Waals surface area contributed by atoms with Crippen LogP contribution in [0.2, 0.25) is 0 Å². The minimum Gasteiger partial charge on any atom is -0.494 e. The summed E-state index contributed by atoms with van der Waals surface area (Å²) in [5.74, 6) is 1.25. The molecular weight excluding hydrogens is 284 g/mol. The third-order valence-corrected chi connectivity index (χ3v) is 2.78. The third kappa shape index (κ3) is 3.05. The molecule has 0 bridgehead atoms. The van der Waals surface area contributed by atoms with E-state index in [0.717, 1.165) is 0 Å². The maximum Gasteiger partial charge on any atom is 0.328 e. The lowest BCUT2D eigenvalue weighted by atomic mass is 10.2. The molecule has 1 aromatic rings. The van der Waals surface area contributed by atoms with E-state index < -0.39 is 0 Å². The topological polar surface area (TPSA) is 89.2 Å². The van der Waals surface area contributed by atoms with E-state index >= 15 is 0 Å². The Morgan fingerprint density at radius 3 is 2.40 bits per heavy atom. The molecule has 0 saturated carbocycles. The standard InChI is InChI=1S/C12H16N4O3.ClH/c1-18-8-4-3-5-9(19-2)10(8)15-12(17)16-7-6-14-11(16)13;/h3-5H,6-7H2,1-2H3,(H2,13,14)(H,15,17);1H. The second kappa shape index (κ2) is 6.85. The van der Waals surface area contributed by atoms with Gasteiger partial charge >= 0.3 is 6.03 Å². The summed E-state index contributed by atoms with van der Waals surface area (Å²) in [5.41, 5.74) is 6.10. The van der Waals surface area contributed by atoms with E-state index in [9.17, 15) is 4.79 Å². The molecule has 0 saturated heterocycles. The van der Waals surface area contributed by atoms with E-state index in [2.05, 4.69) is 10.3 Å². The van der Waals surface area contributed by atoms with Crippen molar-refractivity contribution in [3.63, 3.8) is 0 Å². The summed E-state index contributed by atoms with van der Waals surface area (Å²) < 4.78 is 10.4. The molecule has 1 aliphatic rings. The molecule has 2 amide bonds. The minimum absolute atomic E-state index is 0. The quantitative estimate of drug-likeness (QED) is 0.880. The summed E-state index contributed by atoms with van der Waals surface area (Å²) >= 11 is 0. The molecule has 1 aliphatic heterocycles. The van der Waals surface area contributed by atoms with Crippen molar-refractivity contribution in [2.75, 3.05) is 32.6 Å². The first-order valence-electron chi connectivity index (χ1n) is 5.76. The van der Waals surface area contributed by atoms with Gasteiger partial charge in [0.25, 0.3) is 0 Å². The van der Waals surface area contributed by atoms with Crippen LogP contribution in [0.15, 0.2) is 23.2 Å². The number of rotatable bonds is 3. The highest BCUT2D eigenvalue weighted by molar-refractivity contribution is 6.04. The molecule has 110 valence electrons. The summed E-state index contributed by atoms with van der Waals surface area (Å²) in [6, 6.07) is 4.89. The number of halogens is 1. The Hall–Kier alpha value is -2.15. The fourth-order valence-corrected chi connectivity index (χ4v) is 1.82. The fraction of sp³-hybridized carbons (Fsp3) is 0.333. The number of benzene rings is 1. The number of nitrogens with one attached hydrogen (secondary N) is 1. The van der Waals surface area contributed by atoms with Gasteiger partial charge in [0, 0.05) is 0 Å². The highest BCUT2D eigenvalue weighted by Crippen LogP contribution is 2.34. The van der Waals surface area contributed by atoms with Crippen LogP contribution in [0.1, 0.15) is 0 Å². The van der Waals surface area contributed by atoms with Gasteiger partial charge in [0.1, 0.15) is 17.2 Å². The molecule has 0 atom stereocenters. The normalized spacial score (nSPS) is 13.3. The second-order valence-electron chi connectivity index (χ2n) is 3.86. The summed E-state index contributed by atoms with van der Waals surface area (Å²) in [5, 5.41) is 2.73. The number of hydrogen-bond donors (Lipinski definition) is 2. The van der Waals surface area contributed by atoms with Gasteiger partial charge < -0.3 is 20.5 Å². The lowest BCUT2D eigenvalue weighted by Crippen LogP contribution is -2.41. The van der Waals surface area contributed by atoms with Crippen LogP contribution in [0.5, 0.6) is 11.5 Å². The van der Waals surface area contributed by atoms with Crippen LogP contribution in [-0.2, 0) is 0 Å². The Kier molecular flexibility index (Phi) is 5.45. The second-order valence-corrected chi connectivity index (χ2v) is 3.86. The van der Waals surface area contributed by atoms with Crippen molar-refractivity contribution in [3.05, 3.63) is 18.2 Å². The number of amides is 2. The Balaban J connectivity index is 0.00000200. The van der Waals surface area contributed by atoms with E-state index in [1.54, 1.807) is 18.2 Å². The van der Waals surface area contributed by atoms with E-state index in [1.807, 2.05) is 0 Å². The van der Waals surface area contributed by atoms with Crippen molar-refractivity contribution in [1.82, 2.24) is 4.90 Å². The molecule has 2 rings (SSSR count). The first kappa shape index (κ1) is 15.9. The Morgan fingerprint density at radius 1 is 1.35 bits per heavy atom. The van der Waals surface area contributed by atoms with Gasteiger partial charge in [0.15, 0.2) is 5.96 Å². The van der Waals surface area contributed by atoms with E-state index in [-0.39, 0.29) is 24.4 Å². The lowest BCUT2D eigenvalue weighted by Gasteiger charge is -2.19. The monoisotopic (exact) mass is 300 g/mol. The van der Waals surface area contributed by atoms with Crippen LogP contribution < -0.4 is 20.5 Å². The zero-order valence-electron chi connectivity index (χ0n) is 11.3. The molecule has 0 aromatic heterocycles. The molecule has 3 N–H and O–H groups in total. The maximum absolute atomic E-state index is 12.1. The first-order chi connectivity index (χ1) is 9.17. The SMILES string of the molecule is COc1cccc(OC)c1NC(=O)N1CCN=C1N.Cl. The maximum atomic E-state index is 12.1. The average molecular weight is 301 g/mol. The van der Waals surface area contributed by atoms with Crippen LogP contribution in [-0.4, -0.2) is 44.2 Å². The fourth-order valence-electron chi connectivity index (χ4n) is 1.82. The summed E-state index contributed by atoms with van der Waals surface area (Å²) in [6.07, 6.45) is 0. The van der Waals surface area contributed by atoms with Crippen LogP contribution in [0.4, 0.5) is 10.5 Å². The molecule has 8 heteroatoms. The number of nitrogens with zero attached hydrogens (tertiary/aromatic N) is 2. The van der Waals surface area contributed by atoms with Crippen molar-refractivity contribution in [3.8, 4) is 11.5 Å². The molecule has 20 heavy (non-hydrogen) atoms. The number of urea groups is 1. The lowest BCUT2D eigenvalue weighted by molar-refractivity contribution is 0.235. The Labute approximate surface area is 123 Å². The molecule has 0 aliphatic carbocycles. The molecule has 7 nitrogen and oxygen atoms in total. The average Bonchev–Trinajstić information content (AvgIpc) is 2.85. The van der Waals surface area contributed by atoms with Gasteiger partial charge in [-0.1, -0.05) is 6.07 Å². The molecule has 0 spiro atoms. The van der Waals surface area contributed by atoms with Crippen LogP contribution >= 0.6 is 12.4 Å². The number of carbonyl (C=O) groups excluding carboxylic acids is 1. The molecule has 0 unspecified atom stereocenters. The molecule has 1 heterocycles. The molecule has 0 fully saturated rings. The number of nitrogens with two attached hydrogens (primary N) is 1. The number of methoxy groups -OCH3 is 2. The predicted octanol–water partition coefficient (Wildman–Crippen LogP) is 1.29. The van der Waals surface area contributed by atoms with E-state index in [0.29, 0.717) is 30.3 Å². The first-order valence-corrected chi connectivity index (χ1v) is 5.76. The summed E-state index contributed by atoms with van der Waals surface area (Å²) in [7, 11) is 3.05. The van der Waals surface area contributed by atoms with Crippen molar-refractivity contribution in [2.45, 2.75) is 0 Å². The number of carbonyl (C=O) groups is 1. The number of anilines is 1. The van der Waals surface area contributed by atoms with Gasteiger partial charge in [-0.15, -0.1) is 12.4 Å². The van der Waals surface area contributed by atoms with Crippen LogP contribution in [0.3, 0.4) is 0 Å². The van der Waals surface area contributed by atoms with Crippen LogP contribution in [0, 0.1) is 0 Å². The van der Waals surface area contributed by atoms with Gasteiger partial charge in [-0.25, -0.2) is 4.79 Å². The number of hydrogen-bond acceptors (Lipinski definition) is 5. The Morgan fingerprint density at radius 2 is 1.95 bits per heavy atom. The Bertz CT molecular complexity index is 499. The smallest absolute Gasteiger partial charge is 0.328 e. The third-order valence-electron chi connectivity index (χ3n) is 2.78. The number of guanidine groups is 1. The zero-order valence-corrected chi connectivity index (χ0v) is 12.1. The summed E-state index contributed by atoms with van der Waals surface area (Å²) in [4.78, 5) is 17.4. The molecule has 0 radical (unpaired) electrons. The van der Waals surface area contributed by atoms with Crippen molar-refractivity contribution >= 4 is 30.1 Å². The number of aliphatic imine (C=N–C) groups is 1. The van der Waals surface area contributed by atoms with Crippen LogP contribution in [0.25, 0.3) is 0 Å². The number of para-hydroxylation sites is 1. The highest BCUT2D eigenvalue weighted by Gasteiger charge is 2.23. The van der Waals surface area contributed by atoms with Gasteiger partial charge in [0.05, 0.1) is 27.3 Å². The predicted molar refractivity (Wildman–Crippen MR) is 79.0 cm³/mol. The summed E-state index contributed by atoms with van der Waals surface area (Å²) in [6.45, 7) is 0.984. The molecule has 1 aromatic carbocycles. The van der Waals surface area contributed by atoms with Crippen molar-refractivity contribution < 1.29 is 14.3 Å². The zero-order chi connectivity index (χ0) is 13.8. The van der Waals surface area contributed by atoms with Gasteiger partial charge in [-0.05, 0) is 12.1 Å². The van der Waals surface area contributed by atoms with Gasteiger partial charge in [-0.2, -0.15) is 0 Å². The van der Waals surface area contributed by atoms with Crippen molar-refractivity contribution in [2.24, 2.45) is 10.7 Å². The van der Waals surface area contributed by atoms with Gasteiger partial charge in [0.2, 0.25) is 0 Å². The van der Waals surface area contributed by atoms with E-state index in [1.165, 1.54) is 19.1 Å².